The fraction of sp³-hybridized carbons (Fsp3) is 0.650. The molecule has 0 aromatic heterocycles. The van der Waals surface area contributed by atoms with Crippen molar-refractivity contribution >= 4 is 17.7 Å². The molecular formula is C20H31NO2S. The third-order valence-electron chi connectivity index (χ3n) is 4.66. The number of hydrogen-bond donors (Lipinski definition) is 1. The van der Waals surface area contributed by atoms with Gasteiger partial charge in [-0.2, -0.15) is 11.8 Å². The quantitative estimate of drug-likeness (QED) is 0.651. The van der Waals surface area contributed by atoms with Crippen molar-refractivity contribution in [1.82, 2.24) is 4.90 Å². The summed E-state index contributed by atoms with van der Waals surface area (Å²) in [5.74, 6) is 2.51. The maximum Gasteiger partial charge on any atom is 0.222 e. The van der Waals surface area contributed by atoms with E-state index in [1.807, 2.05) is 30.0 Å². The molecule has 1 saturated heterocycles. The van der Waals surface area contributed by atoms with Crippen molar-refractivity contribution < 1.29 is 9.90 Å². The molecule has 1 fully saturated rings. The first-order valence-electron chi connectivity index (χ1n) is 9.30. The highest BCUT2D eigenvalue weighted by Crippen LogP contribution is 2.23. The van der Waals surface area contributed by atoms with Crippen LogP contribution in [0.1, 0.15) is 51.0 Å². The molecule has 0 saturated carbocycles. The molecule has 4 heteroatoms. The molecule has 0 spiro atoms. The van der Waals surface area contributed by atoms with Crippen LogP contribution in [0.25, 0.3) is 0 Å². The van der Waals surface area contributed by atoms with Crippen LogP contribution >= 0.6 is 11.8 Å². The number of likely N-dealkylation sites (tertiary alicyclic amines) is 1. The predicted octanol–water partition coefficient (Wildman–Crippen LogP) is 3.89. The van der Waals surface area contributed by atoms with Gasteiger partial charge < -0.3 is 10.0 Å². The van der Waals surface area contributed by atoms with Crippen LogP contribution in [0.3, 0.4) is 0 Å². The Kier molecular flexibility index (Phi) is 8.68. The largest absolute Gasteiger partial charge is 0.393 e. The molecule has 1 heterocycles. The summed E-state index contributed by atoms with van der Waals surface area (Å²) in [7, 11) is 0. The van der Waals surface area contributed by atoms with E-state index in [0.717, 1.165) is 38.0 Å². The highest BCUT2D eigenvalue weighted by molar-refractivity contribution is 7.99. The average molecular weight is 350 g/mol. The summed E-state index contributed by atoms with van der Waals surface area (Å²) in [6.45, 7) is 3.05. The Balaban J connectivity index is 1.78. The van der Waals surface area contributed by atoms with Gasteiger partial charge in [-0.1, -0.05) is 37.3 Å². The number of hydrogen-bond acceptors (Lipinski definition) is 3. The van der Waals surface area contributed by atoms with Crippen LogP contribution in [0.15, 0.2) is 30.3 Å². The number of piperidine rings is 1. The molecule has 1 amide bonds. The Bertz CT molecular complexity index is 480. The van der Waals surface area contributed by atoms with Crippen molar-refractivity contribution in [2.75, 3.05) is 18.1 Å². The first-order valence-corrected chi connectivity index (χ1v) is 10.5. The third kappa shape index (κ3) is 6.48. The standard InChI is InChI=1S/C20H31NO2S/c1-2-14-24-15-13-21-18(9-6-10-20(21)23)11-12-19(22)16-17-7-4-3-5-8-17/h3-5,7-8,18-19,22H,2,6,9-16H2,1H3/t18-,19?/m1/s1. The number of nitrogens with zero attached hydrogens (tertiary/aromatic N) is 1. The molecule has 0 radical (unpaired) electrons. The highest BCUT2D eigenvalue weighted by atomic mass is 32.2. The van der Waals surface area contributed by atoms with E-state index in [0.29, 0.717) is 24.8 Å². The van der Waals surface area contributed by atoms with Crippen molar-refractivity contribution in [3.05, 3.63) is 35.9 Å². The van der Waals surface area contributed by atoms with Crippen LogP contribution in [0.5, 0.6) is 0 Å². The lowest BCUT2D eigenvalue weighted by molar-refractivity contribution is -0.136. The van der Waals surface area contributed by atoms with E-state index in [-0.39, 0.29) is 6.10 Å². The second-order valence-electron chi connectivity index (χ2n) is 6.67. The lowest BCUT2D eigenvalue weighted by atomic mass is 9.94. The first-order chi connectivity index (χ1) is 11.7. The minimum atomic E-state index is -0.319. The van der Waals surface area contributed by atoms with E-state index in [4.69, 9.17) is 0 Å². The summed E-state index contributed by atoms with van der Waals surface area (Å²) in [5, 5.41) is 10.3. The lowest BCUT2D eigenvalue weighted by Crippen LogP contribution is -2.45. The minimum Gasteiger partial charge on any atom is -0.393 e. The fourth-order valence-electron chi connectivity index (χ4n) is 3.38. The van der Waals surface area contributed by atoms with Gasteiger partial charge >= 0.3 is 0 Å². The number of rotatable bonds is 10. The van der Waals surface area contributed by atoms with Crippen molar-refractivity contribution in [3.63, 3.8) is 0 Å². The minimum absolute atomic E-state index is 0.306. The van der Waals surface area contributed by atoms with E-state index in [9.17, 15) is 9.90 Å². The zero-order valence-corrected chi connectivity index (χ0v) is 15.6. The number of aliphatic hydroxyl groups excluding tert-OH is 1. The van der Waals surface area contributed by atoms with Gasteiger partial charge in [-0.3, -0.25) is 4.79 Å². The van der Waals surface area contributed by atoms with Crippen molar-refractivity contribution in [2.24, 2.45) is 0 Å². The summed E-state index contributed by atoms with van der Waals surface area (Å²) >= 11 is 1.93. The molecule has 24 heavy (non-hydrogen) atoms. The SMILES string of the molecule is CCCSCCN1C(=O)CCC[C@@H]1CCC(O)Cc1ccccc1. The topological polar surface area (TPSA) is 40.5 Å². The number of carbonyl (C=O) groups is 1. The normalized spacial score (nSPS) is 19.5. The van der Waals surface area contributed by atoms with Crippen LogP contribution in [-0.2, 0) is 11.2 Å². The van der Waals surface area contributed by atoms with E-state index >= 15 is 0 Å². The van der Waals surface area contributed by atoms with E-state index in [1.165, 1.54) is 17.7 Å². The van der Waals surface area contributed by atoms with Crippen molar-refractivity contribution in [1.29, 1.82) is 0 Å². The molecule has 0 bridgehead atoms. The monoisotopic (exact) mass is 349 g/mol. The van der Waals surface area contributed by atoms with Crippen LogP contribution in [0, 0.1) is 0 Å². The summed E-state index contributed by atoms with van der Waals surface area (Å²) in [5.41, 5.74) is 1.18. The van der Waals surface area contributed by atoms with E-state index < -0.39 is 0 Å². The molecule has 1 aliphatic rings. The molecule has 1 unspecified atom stereocenters. The van der Waals surface area contributed by atoms with E-state index in [2.05, 4.69) is 24.0 Å². The van der Waals surface area contributed by atoms with Crippen LogP contribution in [0.2, 0.25) is 0 Å². The Labute approximate surface area is 150 Å². The molecule has 1 N–H and O–H groups in total. The Morgan fingerprint density at radius 3 is 2.83 bits per heavy atom. The van der Waals surface area contributed by atoms with Crippen molar-refractivity contribution in [3.8, 4) is 0 Å². The second kappa shape index (κ2) is 10.8. The Morgan fingerprint density at radius 1 is 1.29 bits per heavy atom. The van der Waals surface area contributed by atoms with Gasteiger partial charge in [0, 0.05) is 24.8 Å². The summed E-state index contributed by atoms with van der Waals surface area (Å²) < 4.78 is 0. The number of aliphatic hydroxyl groups is 1. The average Bonchev–Trinajstić information content (AvgIpc) is 2.59. The van der Waals surface area contributed by atoms with Gasteiger partial charge in [-0.15, -0.1) is 0 Å². The summed E-state index contributed by atoms with van der Waals surface area (Å²) in [6.07, 6.45) is 6.03. The predicted molar refractivity (Wildman–Crippen MR) is 102 cm³/mol. The highest BCUT2D eigenvalue weighted by Gasteiger charge is 2.27. The summed E-state index contributed by atoms with van der Waals surface area (Å²) in [6, 6.07) is 10.5. The molecule has 3 nitrogen and oxygen atoms in total. The summed E-state index contributed by atoms with van der Waals surface area (Å²) in [4.78, 5) is 14.3. The number of thioether (sulfide) groups is 1. The van der Waals surface area contributed by atoms with Gasteiger partial charge in [0.15, 0.2) is 0 Å². The number of benzene rings is 1. The molecule has 1 aromatic rings. The first kappa shape index (κ1) is 19.3. The Hall–Kier alpha value is -1.00. The molecular weight excluding hydrogens is 318 g/mol. The van der Waals surface area contributed by atoms with Gasteiger partial charge in [0.25, 0.3) is 0 Å². The van der Waals surface area contributed by atoms with Crippen LogP contribution in [0.4, 0.5) is 0 Å². The zero-order chi connectivity index (χ0) is 17.2. The van der Waals surface area contributed by atoms with Gasteiger partial charge in [-0.25, -0.2) is 0 Å². The number of amides is 1. The molecule has 1 aliphatic heterocycles. The van der Waals surface area contributed by atoms with Crippen LogP contribution in [-0.4, -0.2) is 46.1 Å². The smallest absolute Gasteiger partial charge is 0.222 e. The van der Waals surface area contributed by atoms with Gasteiger partial charge in [0.05, 0.1) is 6.10 Å². The third-order valence-corrected chi connectivity index (χ3v) is 5.83. The van der Waals surface area contributed by atoms with Crippen LogP contribution < -0.4 is 0 Å². The van der Waals surface area contributed by atoms with Gasteiger partial charge in [-0.05, 0) is 49.8 Å². The molecule has 1 aromatic carbocycles. The molecule has 134 valence electrons. The van der Waals surface area contributed by atoms with Gasteiger partial charge in [0.1, 0.15) is 0 Å². The second-order valence-corrected chi connectivity index (χ2v) is 7.89. The lowest BCUT2D eigenvalue weighted by Gasteiger charge is -2.36. The molecule has 2 rings (SSSR count). The van der Waals surface area contributed by atoms with Crippen molar-refractivity contribution in [2.45, 2.75) is 64.0 Å². The Morgan fingerprint density at radius 2 is 2.08 bits per heavy atom. The zero-order valence-electron chi connectivity index (χ0n) is 14.8. The maximum absolute atomic E-state index is 12.3. The maximum atomic E-state index is 12.3. The molecule has 2 atom stereocenters. The van der Waals surface area contributed by atoms with Gasteiger partial charge in [0.2, 0.25) is 5.91 Å². The molecule has 0 aliphatic carbocycles. The number of carbonyl (C=O) groups excluding carboxylic acids is 1. The van der Waals surface area contributed by atoms with E-state index in [1.54, 1.807) is 0 Å². The fourth-order valence-corrected chi connectivity index (χ4v) is 4.20.